The third-order valence-electron chi connectivity index (χ3n) is 6.28. The van der Waals surface area contributed by atoms with Crippen molar-refractivity contribution in [2.24, 2.45) is 9.98 Å². The van der Waals surface area contributed by atoms with Crippen LogP contribution in [0.1, 0.15) is 75.8 Å². The molecule has 2 aliphatic rings. The Hall–Kier alpha value is -2.19. The molecule has 0 aromatic heterocycles. The van der Waals surface area contributed by atoms with E-state index in [4.69, 9.17) is 0 Å². The topological polar surface area (TPSA) is 77.3 Å². The Balaban J connectivity index is 0.000000240. The van der Waals surface area contributed by atoms with Crippen LogP contribution >= 0.6 is 0 Å². The van der Waals surface area contributed by atoms with Crippen LogP contribution in [-0.2, 0) is 16.8 Å². The van der Waals surface area contributed by atoms with Gasteiger partial charge in [0.25, 0.3) is 0 Å². The number of likely N-dealkylation sites (tertiary alicyclic amines) is 2. The van der Waals surface area contributed by atoms with Gasteiger partial charge >= 0.3 is 16.8 Å². The summed E-state index contributed by atoms with van der Waals surface area (Å²) in [4.78, 5) is 13.1. The van der Waals surface area contributed by atoms with Crippen LogP contribution in [-0.4, -0.2) is 47.8 Å². The molecule has 1 radical (unpaired) electrons. The van der Waals surface area contributed by atoms with Gasteiger partial charge in [-0.1, -0.05) is 73.5 Å². The van der Waals surface area contributed by atoms with E-state index in [2.05, 4.69) is 19.8 Å². The van der Waals surface area contributed by atoms with E-state index in [1.165, 1.54) is 52.4 Å². The molecule has 0 aliphatic carbocycles. The first-order valence-electron chi connectivity index (χ1n) is 12.6. The Labute approximate surface area is 221 Å². The minimum Gasteiger partial charge on any atom is -0.862 e. The van der Waals surface area contributed by atoms with Crippen molar-refractivity contribution in [2.45, 2.75) is 64.7 Å². The number of rotatable bonds is 6. The fourth-order valence-corrected chi connectivity index (χ4v) is 4.65. The van der Waals surface area contributed by atoms with Gasteiger partial charge in [-0.15, -0.1) is 0 Å². The van der Waals surface area contributed by atoms with Gasteiger partial charge in [-0.2, -0.15) is 0 Å². The molecule has 191 valence electrons. The average molecular weight is 522 g/mol. The van der Waals surface area contributed by atoms with Crippen LogP contribution in [0.2, 0.25) is 0 Å². The molecule has 2 aromatic carbocycles. The van der Waals surface area contributed by atoms with E-state index in [9.17, 15) is 10.2 Å². The van der Waals surface area contributed by atoms with Gasteiger partial charge in [0.15, 0.2) is 0 Å². The van der Waals surface area contributed by atoms with Gasteiger partial charge < -0.3 is 10.2 Å². The molecule has 2 fully saturated rings. The molecule has 0 bridgehead atoms. The number of nitrogens with zero attached hydrogens (tertiary/aromatic N) is 4. The maximum Gasteiger partial charge on any atom is 2.00 e. The normalized spacial score (nSPS) is 19.6. The van der Waals surface area contributed by atoms with E-state index >= 15 is 0 Å². The first-order valence-corrected chi connectivity index (χ1v) is 12.6. The van der Waals surface area contributed by atoms with Crippen LogP contribution in [0, 0.1) is 0 Å². The number of hydrogen-bond acceptors (Lipinski definition) is 6. The van der Waals surface area contributed by atoms with Crippen LogP contribution in [0.15, 0.2) is 70.6 Å². The predicted molar refractivity (Wildman–Crippen MR) is 135 cm³/mol. The van der Waals surface area contributed by atoms with E-state index in [1.54, 1.807) is 0 Å². The van der Waals surface area contributed by atoms with Gasteiger partial charge in [0.1, 0.15) is 12.3 Å². The van der Waals surface area contributed by atoms with Crippen molar-refractivity contribution in [2.75, 3.05) is 26.2 Å². The van der Waals surface area contributed by atoms with Gasteiger partial charge in [-0.3, -0.25) is 19.8 Å². The number of aliphatic imine (C=N–C) groups is 2. The molecule has 2 aromatic rings. The molecular weight excluding hydrogens is 483 g/mol. The summed E-state index contributed by atoms with van der Waals surface area (Å²) >= 11 is 0. The summed E-state index contributed by atoms with van der Waals surface area (Å²) in [6.07, 6.45) is 7.22. The third kappa shape index (κ3) is 9.76. The molecule has 2 heterocycles. The number of hydrogen-bond donors (Lipinski definition) is 0. The monoisotopic (exact) mass is 521 g/mol. The first kappa shape index (κ1) is 29.0. The van der Waals surface area contributed by atoms with Crippen molar-refractivity contribution in [3.8, 4) is 0 Å². The molecule has 0 N–H and O–H groups in total. The maximum atomic E-state index is 11.3. The molecule has 7 heteroatoms. The van der Waals surface area contributed by atoms with Crippen molar-refractivity contribution < 1.29 is 27.0 Å². The van der Waals surface area contributed by atoms with Crippen molar-refractivity contribution in [3.63, 3.8) is 0 Å². The minimum atomic E-state index is -0.0931. The van der Waals surface area contributed by atoms with Crippen molar-refractivity contribution in [1.29, 1.82) is 0 Å². The summed E-state index contributed by atoms with van der Waals surface area (Å²) in [7, 11) is 0. The fraction of sp³-hybridized carbons (Fsp3) is 0.500. The first-order chi connectivity index (χ1) is 16.5. The zero-order valence-electron chi connectivity index (χ0n) is 20.9. The molecular formula is C28H38CoN4O2. The Morgan fingerprint density at radius 2 is 0.914 bits per heavy atom. The molecule has 2 unspecified atom stereocenters. The summed E-state index contributed by atoms with van der Waals surface area (Å²) < 4.78 is 0. The van der Waals surface area contributed by atoms with Crippen LogP contribution in [0.5, 0.6) is 0 Å². The Morgan fingerprint density at radius 1 is 0.600 bits per heavy atom. The molecule has 2 saturated heterocycles. The van der Waals surface area contributed by atoms with Crippen LogP contribution in [0.25, 0.3) is 0 Å². The zero-order chi connectivity index (χ0) is 24.2. The van der Waals surface area contributed by atoms with Gasteiger partial charge in [0.2, 0.25) is 0 Å². The van der Waals surface area contributed by atoms with Crippen molar-refractivity contribution in [3.05, 3.63) is 71.8 Å². The standard InChI is InChI=1S/2C14H20N2O.Co/c2*1-12(17)15-14(13-8-4-2-5-9-13)16-10-6-3-7-11-16;/h2*2,4-5,8-9,14H,3,6-7,10-11H2,1H3,(H,15,17);/q;;+2/p-2. The molecule has 35 heavy (non-hydrogen) atoms. The Kier molecular flexibility index (Phi) is 13.1. The fourth-order valence-electron chi connectivity index (χ4n) is 4.65. The van der Waals surface area contributed by atoms with Crippen LogP contribution in [0.4, 0.5) is 0 Å². The van der Waals surface area contributed by atoms with Crippen molar-refractivity contribution >= 4 is 11.8 Å². The van der Waals surface area contributed by atoms with Crippen LogP contribution < -0.4 is 10.2 Å². The largest absolute Gasteiger partial charge is 2.00 e. The van der Waals surface area contributed by atoms with Gasteiger partial charge in [0, 0.05) is 26.2 Å². The second-order valence-electron chi connectivity index (χ2n) is 9.06. The molecule has 0 saturated carbocycles. The summed E-state index contributed by atoms with van der Waals surface area (Å²) in [6.45, 7) is 7.21. The smallest absolute Gasteiger partial charge is 0.862 e. The second kappa shape index (κ2) is 15.7. The van der Waals surface area contributed by atoms with Crippen LogP contribution in [0.3, 0.4) is 0 Å². The summed E-state index contributed by atoms with van der Waals surface area (Å²) in [5.74, 6) is -0.186. The zero-order valence-corrected chi connectivity index (χ0v) is 22.0. The molecule has 0 amide bonds. The quantitative estimate of drug-likeness (QED) is 0.427. The van der Waals surface area contributed by atoms with E-state index in [0.717, 1.165) is 37.3 Å². The predicted octanol–water partition coefficient (Wildman–Crippen LogP) is 3.90. The van der Waals surface area contributed by atoms with E-state index in [0.29, 0.717) is 0 Å². The number of piperidine rings is 2. The molecule has 2 atom stereocenters. The van der Waals surface area contributed by atoms with Gasteiger partial charge in [0.05, 0.1) is 0 Å². The van der Waals surface area contributed by atoms with Gasteiger partial charge in [-0.25, -0.2) is 0 Å². The Morgan fingerprint density at radius 3 is 1.20 bits per heavy atom. The molecule has 4 rings (SSSR count). The van der Waals surface area contributed by atoms with E-state index in [-0.39, 0.29) is 40.9 Å². The van der Waals surface area contributed by atoms with E-state index in [1.807, 2.05) is 60.7 Å². The van der Waals surface area contributed by atoms with Crippen molar-refractivity contribution in [1.82, 2.24) is 9.80 Å². The SMILES string of the molecule is C/C([O-])=N\C(c1ccccc1)N1CCCCC1.C/C([O-])=N\C(c1ccccc1)N1CCCCC1.[Co+2]. The average Bonchev–Trinajstić information content (AvgIpc) is 2.88. The van der Waals surface area contributed by atoms with E-state index < -0.39 is 0 Å². The summed E-state index contributed by atoms with van der Waals surface area (Å²) in [5.41, 5.74) is 2.23. The maximum absolute atomic E-state index is 11.3. The molecule has 6 nitrogen and oxygen atoms in total. The minimum absolute atomic E-state index is 0. The summed E-state index contributed by atoms with van der Waals surface area (Å²) in [6, 6.07) is 20.2. The Bertz CT molecular complexity index is 812. The number of benzene rings is 2. The second-order valence-corrected chi connectivity index (χ2v) is 9.06. The summed E-state index contributed by atoms with van der Waals surface area (Å²) in [5, 5.41) is 22.6. The van der Waals surface area contributed by atoms with Gasteiger partial charge in [-0.05, 0) is 62.5 Å². The third-order valence-corrected chi connectivity index (χ3v) is 6.28. The molecule has 0 spiro atoms. The molecule has 2 aliphatic heterocycles.